The van der Waals surface area contributed by atoms with Gasteiger partial charge in [0.05, 0.1) is 13.2 Å². The Labute approximate surface area is 115 Å². The molecule has 0 aromatic heterocycles. The zero-order chi connectivity index (χ0) is 14.4. The first-order valence-corrected chi connectivity index (χ1v) is 6.66. The lowest BCUT2D eigenvalue weighted by atomic mass is 9.88. The molecule has 1 aliphatic heterocycles. The zero-order valence-electron chi connectivity index (χ0n) is 12.3. The third-order valence-electron chi connectivity index (χ3n) is 3.61. The van der Waals surface area contributed by atoms with Gasteiger partial charge in [0.1, 0.15) is 0 Å². The van der Waals surface area contributed by atoms with E-state index >= 15 is 0 Å². The molecule has 1 N–H and O–H groups in total. The molecule has 1 unspecified atom stereocenters. The highest BCUT2D eigenvalue weighted by Crippen LogP contribution is 2.18. The minimum absolute atomic E-state index is 0.0405. The van der Waals surface area contributed by atoms with E-state index < -0.39 is 0 Å². The summed E-state index contributed by atoms with van der Waals surface area (Å²) in [4.78, 5) is 27.3. The fourth-order valence-electron chi connectivity index (χ4n) is 1.93. The van der Waals surface area contributed by atoms with Crippen molar-refractivity contribution in [3.8, 4) is 0 Å². The summed E-state index contributed by atoms with van der Waals surface area (Å²) in [7, 11) is 4.98. The molecule has 1 heterocycles. The second kappa shape index (κ2) is 7.45. The fourth-order valence-corrected chi connectivity index (χ4v) is 1.93. The molecule has 0 bridgehead atoms. The van der Waals surface area contributed by atoms with E-state index in [2.05, 4.69) is 5.32 Å². The smallest absolute Gasteiger partial charge is 0.241 e. The van der Waals surface area contributed by atoms with Gasteiger partial charge in [-0.05, 0) is 19.0 Å². The van der Waals surface area contributed by atoms with E-state index in [9.17, 15) is 9.59 Å². The monoisotopic (exact) mass is 271 g/mol. The summed E-state index contributed by atoms with van der Waals surface area (Å²) in [6.45, 7) is 4.73. The minimum Gasteiger partial charge on any atom is -0.383 e. The number of amides is 2. The van der Waals surface area contributed by atoms with E-state index in [-0.39, 0.29) is 24.3 Å². The number of carbonyl (C=O) groups excluding carboxylic acids is 2. The van der Waals surface area contributed by atoms with Gasteiger partial charge in [0.25, 0.3) is 0 Å². The van der Waals surface area contributed by atoms with Crippen molar-refractivity contribution in [2.24, 2.45) is 11.8 Å². The maximum absolute atomic E-state index is 12.4. The SMILES string of the molecule is COCCN(CC(=O)N(C)C)C(=O)C(C)C1CNC1. The Kier molecular flexibility index (Phi) is 6.24. The predicted octanol–water partition coefficient (Wildman–Crippen LogP) is -0.595. The van der Waals surface area contributed by atoms with Gasteiger partial charge in [-0.15, -0.1) is 0 Å². The van der Waals surface area contributed by atoms with Crippen molar-refractivity contribution in [2.45, 2.75) is 6.92 Å². The number of likely N-dealkylation sites (N-methyl/N-ethyl adjacent to an activating group) is 1. The lowest BCUT2D eigenvalue weighted by molar-refractivity contribution is -0.143. The summed E-state index contributed by atoms with van der Waals surface area (Å²) in [5.74, 6) is 0.308. The summed E-state index contributed by atoms with van der Waals surface area (Å²) < 4.78 is 5.01. The Hall–Kier alpha value is -1.14. The van der Waals surface area contributed by atoms with Crippen molar-refractivity contribution in [3.63, 3.8) is 0 Å². The number of nitrogens with zero attached hydrogens (tertiary/aromatic N) is 2. The molecule has 19 heavy (non-hydrogen) atoms. The van der Waals surface area contributed by atoms with Crippen LogP contribution in [0, 0.1) is 11.8 Å². The number of carbonyl (C=O) groups is 2. The van der Waals surface area contributed by atoms with Gasteiger partial charge in [0.15, 0.2) is 0 Å². The quantitative estimate of drug-likeness (QED) is 0.672. The second-order valence-corrected chi connectivity index (χ2v) is 5.25. The Bertz CT molecular complexity index is 316. The predicted molar refractivity (Wildman–Crippen MR) is 72.7 cm³/mol. The highest BCUT2D eigenvalue weighted by atomic mass is 16.5. The number of methoxy groups -OCH3 is 1. The number of hydrogen-bond donors (Lipinski definition) is 1. The molecule has 2 amide bonds. The maximum Gasteiger partial charge on any atom is 0.241 e. The van der Waals surface area contributed by atoms with Crippen LogP contribution in [0.15, 0.2) is 0 Å². The number of nitrogens with one attached hydrogen (secondary N) is 1. The van der Waals surface area contributed by atoms with Crippen LogP contribution in [0.3, 0.4) is 0 Å². The summed E-state index contributed by atoms with van der Waals surface area (Å²) in [5, 5.41) is 3.17. The highest BCUT2D eigenvalue weighted by molar-refractivity contribution is 5.85. The molecule has 0 spiro atoms. The molecule has 0 radical (unpaired) electrons. The van der Waals surface area contributed by atoms with Gasteiger partial charge in [-0.1, -0.05) is 6.92 Å². The van der Waals surface area contributed by atoms with Gasteiger partial charge >= 0.3 is 0 Å². The van der Waals surface area contributed by atoms with Crippen LogP contribution in [0.2, 0.25) is 0 Å². The average Bonchev–Trinajstić information content (AvgIpc) is 2.30. The van der Waals surface area contributed by atoms with Gasteiger partial charge in [0, 0.05) is 33.7 Å². The van der Waals surface area contributed by atoms with E-state index in [0.29, 0.717) is 19.1 Å². The first kappa shape index (κ1) is 15.9. The zero-order valence-corrected chi connectivity index (χ0v) is 12.3. The first-order valence-electron chi connectivity index (χ1n) is 6.66. The van der Waals surface area contributed by atoms with Crippen LogP contribution in [0.5, 0.6) is 0 Å². The number of ether oxygens (including phenoxy) is 1. The van der Waals surface area contributed by atoms with Crippen molar-refractivity contribution < 1.29 is 14.3 Å². The van der Waals surface area contributed by atoms with Gasteiger partial charge in [-0.2, -0.15) is 0 Å². The van der Waals surface area contributed by atoms with Gasteiger partial charge in [-0.25, -0.2) is 0 Å². The van der Waals surface area contributed by atoms with Crippen molar-refractivity contribution >= 4 is 11.8 Å². The van der Waals surface area contributed by atoms with Crippen molar-refractivity contribution in [1.82, 2.24) is 15.1 Å². The van der Waals surface area contributed by atoms with E-state index in [4.69, 9.17) is 4.74 Å². The molecular weight excluding hydrogens is 246 g/mol. The van der Waals surface area contributed by atoms with Crippen molar-refractivity contribution in [3.05, 3.63) is 0 Å². The van der Waals surface area contributed by atoms with Crippen LogP contribution in [-0.2, 0) is 14.3 Å². The first-order chi connectivity index (χ1) is 8.97. The third-order valence-corrected chi connectivity index (χ3v) is 3.61. The number of hydrogen-bond acceptors (Lipinski definition) is 4. The highest BCUT2D eigenvalue weighted by Gasteiger charge is 2.32. The minimum atomic E-state index is -0.0663. The van der Waals surface area contributed by atoms with Crippen LogP contribution in [0.1, 0.15) is 6.92 Å². The van der Waals surface area contributed by atoms with Crippen LogP contribution in [0.25, 0.3) is 0 Å². The standard InChI is InChI=1S/C13H25N3O3/c1-10(11-7-14-8-11)13(18)16(5-6-19-4)9-12(17)15(2)3/h10-11,14H,5-9H2,1-4H3. The largest absolute Gasteiger partial charge is 0.383 e. The molecule has 6 heteroatoms. The molecule has 1 aliphatic rings. The van der Waals surface area contributed by atoms with E-state index in [0.717, 1.165) is 13.1 Å². The second-order valence-electron chi connectivity index (χ2n) is 5.25. The molecule has 0 saturated carbocycles. The van der Waals surface area contributed by atoms with E-state index in [1.165, 1.54) is 4.90 Å². The van der Waals surface area contributed by atoms with Crippen LogP contribution in [0.4, 0.5) is 0 Å². The molecule has 1 atom stereocenters. The normalized spacial score (nSPS) is 16.6. The molecule has 110 valence electrons. The van der Waals surface area contributed by atoms with Crippen LogP contribution < -0.4 is 5.32 Å². The fraction of sp³-hybridized carbons (Fsp3) is 0.846. The van der Waals surface area contributed by atoms with Gasteiger partial charge in [0.2, 0.25) is 11.8 Å². The topological polar surface area (TPSA) is 61.9 Å². The summed E-state index contributed by atoms with van der Waals surface area (Å²) in [5.41, 5.74) is 0. The van der Waals surface area contributed by atoms with Gasteiger partial charge in [-0.3, -0.25) is 9.59 Å². The molecule has 1 rings (SSSR count). The Balaban J connectivity index is 2.60. The maximum atomic E-state index is 12.4. The average molecular weight is 271 g/mol. The van der Waals surface area contributed by atoms with Crippen molar-refractivity contribution in [1.29, 1.82) is 0 Å². The molecule has 0 aromatic carbocycles. The van der Waals surface area contributed by atoms with Crippen LogP contribution >= 0.6 is 0 Å². The van der Waals surface area contributed by atoms with E-state index in [1.54, 1.807) is 26.1 Å². The molecule has 1 fully saturated rings. The Morgan fingerprint density at radius 2 is 2.00 bits per heavy atom. The third kappa shape index (κ3) is 4.47. The molecule has 0 aliphatic carbocycles. The molecular formula is C13H25N3O3. The summed E-state index contributed by atoms with van der Waals surface area (Å²) >= 11 is 0. The summed E-state index contributed by atoms with van der Waals surface area (Å²) in [6.07, 6.45) is 0. The molecule has 6 nitrogen and oxygen atoms in total. The number of rotatable bonds is 7. The van der Waals surface area contributed by atoms with E-state index in [1.807, 2.05) is 6.92 Å². The van der Waals surface area contributed by atoms with Crippen molar-refractivity contribution in [2.75, 3.05) is 54.0 Å². The molecule has 1 saturated heterocycles. The Morgan fingerprint density at radius 1 is 1.37 bits per heavy atom. The summed E-state index contributed by atoms with van der Waals surface area (Å²) in [6, 6.07) is 0. The Morgan fingerprint density at radius 3 is 2.42 bits per heavy atom. The van der Waals surface area contributed by atoms with Crippen LogP contribution in [-0.4, -0.2) is 75.6 Å². The lowest BCUT2D eigenvalue weighted by Gasteiger charge is -2.35. The lowest BCUT2D eigenvalue weighted by Crippen LogP contribution is -2.52. The van der Waals surface area contributed by atoms with Gasteiger partial charge < -0.3 is 19.9 Å². The molecule has 0 aromatic rings.